The van der Waals surface area contributed by atoms with E-state index in [1.54, 1.807) is 32.6 Å². The summed E-state index contributed by atoms with van der Waals surface area (Å²) in [4.78, 5) is 12.9. The predicted molar refractivity (Wildman–Crippen MR) is 97.2 cm³/mol. The van der Waals surface area contributed by atoms with Crippen LogP contribution in [-0.4, -0.2) is 32.1 Å². The molecule has 2 aromatic carbocycles. The molecular weight excluding hydrogens is 324 g/mol. The highest BCUT2D eigenvalue weighted by atomic mass is 32.2. The van der Waals surface area contributed by atoms with Gasteiger partial charge in [0.15, 0.2) is 11.5 Å². The average molecular weight is 344 g/mol. The molecule has 0 radical (unpaired) electrons. The molecule has 2 aromatic rings. The largest absolute Gasteiger partial charge is 0.493 e. The van der Waals surface area contributed by atoms with E-state index in [1.807, 2.05) is 37.3 Å². The van der Waals surface area contributed by atoms with Crippen molar-refractivity contribution < 1.29 is 14.3 Å². The molecule has 0 saturated heterocycles. The summed E-state index contributed by atoms with van der Waals surface area (Å²) in [5, 5.41) is 3.97. The molecule has 0 unspecified atom stereocenters. The second-order valence-electron chi connectivity index (χ2n) is 4.96. The van der Waals surface area contributed by atoms with Gasteiger partial charge >= 0.3 is 0 Å². The minimum Gasteiger partial charge on any atom is -0.493 e. The van der Waals surface area contributed by atoms with Gasteiger partial charge < -0.3 is 9.47 Å². The molecule has 0 atom stereocenters. The first kappa shape index (κ1) is 17.9. The Balaban J connectivity index is 1.87. The van der Waals surface area contributed by atoms with Crippen LogP contribution in [0.4, 0.5) is 0 Å². The van der Waals surface area contributed by atoms with Gasteiger partial charge in [-0.2, -0.15) is 5.10 Å². The maximum atomic E-state index is 11.9. The number of hydrogen-bond acceptors (Lipinski definition) is 5. The molecule has 1 amide bonds. The predicted octanol–water partition coefficient (Wildman–Crippen LogP) is 3.25. The normalized spacial score (nSPS) is 10.6. The summed E-state index contributed by atoms with van der Waals surface area (Å²) in [5.74, 6) is 1.42. The number of methoxy groups -OCH3 is 2. The number of thioether (sulfide) groups is 1. The lowest BCUT2D eigenvalue weighted by atomic mass is 10.2. The van der Waals surface area contributed by atoms with E-state index >= 15 is 0 Å². The topological polar surface area (TPSA) is 59.9 Å². The van der Waals surface area contributed by atoms with E-state index in [-0.39, 0.29) is 5.91 Å². The minimum atomic E-state index is -0.153. The van der Waals surface area contributed by atoms with Gasteiger partial charge in [-0.1, -0.05) is 18.2 Å². The Morgan fingerprint density at radius 1 is 1.17 bits per heavy atom. The van der Waals surface area contributed by atoms with E-state index in [0.29, 0.717) is 17.3 Å². The first-order valence-electron chi connectivity index (χ1n) is 7.36. The zero-order chi connectivity index (χ0) is 17.4. The fourth-order valence-corrected chi connectivity index (χ4v) is 2.83. The summed E-state index contributed by atoms with van der Waals surface area (Å²) in [6.45, 7) is 2.02. The molecule has 6 heteroatoms. The Morgan fingerprint density at radius 2 is 1.92 bits per heavy atom. The molecule has 1 N–H and O–H groups in total. The zero-order valence-electron chi connectivity index (χ0n) is 13.9. The number of ether oxygens (including phenoxy) is 2. The second-order valence-corrected chi connectivity index (χ2v) is 5.98. The fourth-order valence-electron chi connectivity index (χ4n) is 2.01. The summed E-state index contributed by atoms with van der Waals surface area (Å²) in [7, 11) is 3.15. The maximum absolute atomic E-state index is 11.9. The molecule has 0 aliphatic rings. The van der Waals surface area contributed by atoms with Gasteiger partial charge in [0.05, 0.1) is 26.2 Å². The zero-order valence-corrected chi connectivity index (χ0v) is 14.7. The van der Waals surface area contributed by atoms with E-state index in [2.05, 4.69) is 10.5 Å². The van der Waals surface area contributed by atoms with Crippen molar-refractivity contribution in [1.82, 2.24) is 5.43 Å². The number of nitrogens with one attached hydrogen (secondary N) is 1. The number of amides is 1. The highest BCUT2D eigenvalue weighted by molar-refractivity contribution is 8.00. The molecule has 24 heavy (non-hydrogen) atoms. The van der Waals surface area contributed by atoms with Crippen LogP contribution in [-0.2, 0) is 4.79 Å². The number of carbonyl (C=O) groups excluding carboxylic acids is 1. The van der Waals surface area contributed by atoms with Gasteiger partial charge in [-0.3, -0.25) is 4.79 Å². The molecule has 0 fully saturated rings. The van der Waals surface area contributed by atoms with Crippen LogP contribution >= 0.6 is 11.8 Å². The van der Waals surface area contributed by atoms with Crippen LogP contribution in [0.5, 0.6) is 11.5 Å². The van der Waals surface area contributed by atoms with Crippen LogP contribution in [0.3, 0.4) is 0 Å². The number of hydrazone groups is 1. The first-order chi connectivity index (χ1) is 11.6. The number of rotatable bonds is 7. The standard InChI is InChI=1S/C18H20N2O3S/c1-13-6-4-5-7-17(13)24-12-18(21)20-19-11-14-8-9-15(22-2)16(10-14)23-3/h4-11H,12H2,1-3H3,(H,20,21)/b19-11+. The molecule has 0 aromatic heterocycles. The minimum absolute atomic E-state index is 0.153. The van der Waals surface area contributed by atoms with Gasteiger partial charge in [-0.05, 0) is 42.3 Å². The lowest BCUT2D eigenvalue weighted by Crippen LogP contribution is -2.19. The van der Waals surface area contributed by atoms with Gasteiger partial charge in [-0.25, -0.2) is 5.43 Å². The number of nitrogens with zero attached hydrogens (tertiary/aromatic N) is 1. The molecule has 126 valence electrons. The average Bonchev–Trinajstić information content (AvgIpc) is 2.61. The molecule has 0 bridgehead atoms. The lowest BCUT2D eigenvalue weighted by Gasteiger charge is -2.07. The SMILES string of the molecule is COc1ccc(/C=N/NC(=O)CSc2ccccc2C)cc1OC. The Kier molecular flexibility index (Phi) is 6.69. The summed E-state index contributed by atoms with van der Waals surface area (Å²) in [6.07, 6.45) is 1.57. The van der Waals surface area contributed by atoms with Gasteiger partial charge in [-0.15, -0.1) is 11.8 Å². The van der Waals surface area contributed by atoms with Gasteiger partial charge in [0.25, 0.3) is 0 Å². The summed E-state index contributed by atoms with van der Waals surface area (Å²) < 4.78 is 10.4. The van der Waals surface area contributed by atoms with Crippen molar-refractivity contribution >= 4 is 23.9 Å². The molecule has 0 heterocycles. The Bertz CT molecular complexity index is 732. The molecule has 5 nitrogen and oxygen atoms in total. The van der Waals surface area contributed by atoms with Crippen molar-refractivity contribution in [3.63, 3.8) is 0 Å². The number of hydrogen-bond donors (Lipinski definition) is 1. The van der Waals surface area contributed by atoms with Crippen molar-refractivity contribution in [2.24, 2.45) is 5.10 Å². The van der Waals surface area contributed by atoms with E-state index in [0.717, 1.165) is 16.0 Å². The van der Waals surface area contributed by atoms with Crippen molar-refractivity contribution in [3.05, 3.63) is 53.6 Å². The molecule has 0 spiro atoms. The Morgan fingerprint density at radius 3 is 2.62 bits per heavy atom. The van der Waals surface area contributed by atoms with Crippen LogP contribution in [0.1, 0.15) is 11.1 Å². The molecular formula is C18H20N2O3S. The van der Waals surface area contributed by atoms with E-state index in [1.165, 1.54) is 11.8 Å². The Hall–Kier alpha value is -2.47. The number of benzene rings is 2. The smallest absolute Gasteiger partial charge is 0.250 e. The maximum Gasteiger partial charge on any atom is 0.250 e. The van der Waals surface area contributed by atoms with Crippen molar-refractivity contribution in [3.8, 4) is 11.5 Å². The van der Waals surface area contributed by atoms with Crippen LogP contribution in [0.25, 0.3) is 0 Å². The van der Waals surface area contributed by atoms with Gasteiger partial charge in [0.1, 0.15) is 0 Å². The molecule has 2 rings (SSSR count). The van der Waals surface area contributed by atoms with Crippen LogP contribution in [0.15, 0.2) is 52.5 Å². The summed E-state index contributed by atoms with van der Waals surface area (Å²) in [5.41, 5.74) is 4.49. The molecule has 0 aliphatic carbocycles. The van der Waals surface area contributed by atoms with E-state index in [4.69, 9.17) is 9.47 Å². The van der Waals surface area contributed by atoms with E-state index in [9.17, 15) is 4.79 Å². The van der Waals surface area contributed by atoms with Crippen molar-refractivity contribution in [2.45, 2.75) is 11.8 Å². The first-order valence-corrected chi connectivity index (χ1v) is 8.35. The highest BCUT2D eigenvalue weighted by Crippen LogP contribution is 2.26. The number of carbonyl (C=O) groups is 1. The third-order valence-electron chi connectivity index (χ3n) is 3.26. The Labute approximate surface area is 146 Å². The number of aryl methyl sites for hydroxylation is 1. The van der Waals surface area contributed by atoms with Crippen LogP contribution in [0, 0.1) is 6.92 Å². The third-order valence-corrected chi connectivity index (χ3v) is 4.44. The van der Waals surface area contributed by atoms with Crippen LogP contribution in [0.2, 0.25) is 0 Å². The van der Waals surface area contributed by atoms with Crippen LogP contribution < -0.4 is 14.9 Å². The van der Waals surface area contributed by atoms with Gasteiger partial charge in [0, 0.05) is 4.90 Å². The highest BCUT2D eigenvalue weighted by Gasteiger charge is 2.05. The monoisotopic (exact) mass is 344 g/mol. The van der Waals surface area contributed by atoms with Gasteiger partial charge in [0.2, 0.25) is 5.91 Å². The summed E-state index contributed by atoms with van der Waals surface area (Å²) >= 11 is 1.49. The lowest BCUT2D eigenvalue weighted by molar-refractivity contribution is -0.118. The van der Waals surface area contributed by atoms with Crippen molar-refractivity contribution in [2.75, 3.05) is 20.0 Å². The quantitative estimate of drug-likeness (QED) is 0.476. The molecule has 0 aliphatic heterocycles. The van der Waals surface area contributed by atoms with E-state index < -0.39 is 0 Å². The third kappa shape index (κ3) is 5.03. The molecule has 0 saturated carbocycles. The summed E-state index contributed by atoms with van der Waals surface area (Å²) in [6, 6.07) is 13.4. The fraction of sp³-hybridized carbons (Fsp3) is 0.222. The second kappa shape index (κ2) is 8.98. The van der Waals surface area contributed by atoms with Crippen molar-refractivity contribution in [1.29, 1.82) is 0 Å².